The summed E-state index contributed by atoms with van der Waals surface area (Å²) in [6.07, 6.45) is 0. The highest BCUT2D eigenvalue weighted by atomic mass is 35.5. The largest absolute Gasteiger partial charge is 0.410 e. The van der Waals surface area contributed by atoms with Gasteiger partial charge in [-0.3, -0.25) is 0 Å². The molecule has 0 unspecified atom stereocenters. The first-order valence-corrected chi connectivity index (χ1v) is 5.91. The quantitative estimate of drug-likeness (QED) is 0.604. The van der Waals surface area contributed by atoms with Gasteiger partial charge in [-0.05, 0) is 17.7 Å². The fraction of sp³-hybridized carbons (Fsp3) is 0.0909. The van der Waals surface area contributed by atoms with Crippen molar-refractivity contribution in [3.05, 3.63) is 45.5 Å². The molecular formula is C11H8ClN3OS. The van der Waals surface area contributed by atoms with E-state index < -0.39 is 5.92 Å². The number of thioether (sulfide) groups is 1. The van der Waals surface area contributed by atoms with Crippen molar-refractivity contribution in [3.63, 3.8) is 0 Å². The average Bonchev–Trinajstić information content (AvgIpc) is 2.66. The van der Waals surface area contributed by atoms with Gasteiger partial charge in [-0.2, -0.15) is 5.26 Å². The van der Waals surface area contributed by atoms with Crippen LogP contribution in [0, 0.1) is 11.3 Å². The number of rotatable bonds is 1. The maximum absolute atomic E-state index is 9.07. The fourth-order valence-electron chi connectivity index (χ4n) is 1.65. The van der Waals surface area contributed by atoms with Crippen LogP contribution in [-0.4, -0.2) is 10.3 Å². The van der Waals surface area contributed by atoms with E-state index in [-0.39, 0.29) is 0 Å². The van der Waals surface area contributed by atoms with E-state index in [9.17, 15) is 0 Å². The summed E-state index contributed by atoms with van der Waals surface area (Å²) in [6.45, 7) is 0. The minimum atomic E-state index is -0.396. The first-order valence-electron chi connectivity index (χ1n) is 4.72. The van der Waals surface area contributed by atoms with E-state index in [0.717, 1.165) is 17.3 Å². The number of nitriles is 1. The van der Waals surface area contributed by atoms with E-state index >= 15 is 0 Å². The molecule has 2 rings (SSSR count). The van der Waals surface area contributed by atoms with Gasteiger partial charge >= 0.3 is 0 Å². The van der Waals surface area contributed by atoms with E-state index in [2.05, 4.69) is 11.2 Å². The van der Waals surface area contributed by atoms with Gasteiger partial charge in [0.15, 0.2) is 0 Å². The minimum absolute atomic E-state index is 0.375. The van der Waals surface area contributed by atoms with E-state index in [1.165, 1.54) is 0 Å². The van der Waals surface area contributed by atoms with Gasteiger partial charge in [0.05, 0.1) is 22.6 Å². The Bertz CT molecular complexity index is 545. The molecule has 86 valence electrons. The molecule has 1 atom stereocenters. The molecule has 0 fully saturated rings. The Morgan fingerprint density at radius 1 is 1.41 bits per heavy atom. The molecule has 0 spiro atoms. The summed E-state index contributed by atoms with van der Waals surface area (Å²) in [7, 11) is 0. The zero-order valence-electron chi connectivity index (χ0n) is 8.59. The van der Waals surface area contributed by atoms with Crippen molar-refractivity contribution in [3.8, 4) is 6.07 Å². The Hall–Kier alpha value is -1.64. The number of allylic oxidation sites excluding steroid dienone is 1. The van der Waals surface area contributed by atoms with E-state index in [1.54, 1.807) is 24.3 Å². The van der Waals surface area contributed by atoms with Gasteiger partial charge < -0.3 is 10.9 Å². The van der Waals surface area contributed by atoms with E-state index in [4.69, 9.17) is 27.8 Å². The van der Waals surface area contributed by atoms with E-state index in [0.29, 0.717) is 20.7 Å². The standard InChI is InChI=1S/C11H8ClN3OS/c12-7-3-1-6(2-4-7)9-8(5-13)10(14)17-11(9)15-16/h1-4,9,16H,14H2/t9-/m0/s1. The van der Waals surface area contributed by atoms with Gasteiger partial charge in [0.1, 0.15) is 5.04 Å². The van der Waals surface area contributed by atoms with E-state index in [1.807, 2.05) is 0 Å². The Kier molecular flexibility index (Phi) is 3.27. The summed E-state index contributed by atoms with van der Waals surface area (Å²) in [6, 6.07) is 9.07. The van der Waals surface area contributed by atoms with Gasteiger partial charge in [-0.15, -0.1) is 0 Å². The molecule has 0 amide bonds. The molecule has 17 heavy (non-hydrogen) atoms. The molecule has 6 heteroatoms. The second kappa shape index (κ2) is 4.70. The smallest absolute Gasteiger partial charge is 0.131 e. The molecule has 0 aromatic heterocycles. The summed E-state index contributed by atoms with van der Waals surface area (Å²) in [5.74, 6) is -0.396. The number of hydrogen-bond donors (Lipinski definition) is 2. The van der Waals surface area contributed by atoms with Crippen molar-refractivity contribution in [1.29, 1.82) is 5.26 Å². The summed E-state index contributed by atoms with van der Waals surface area (Å²) in [5.41, 5.74) is 6.95. The lowest BCUT2D eigenvalue weighted by atomic mass is 9.93. The number of oxime groups is 1. The van der Waals surface area contributed by atoms with Crippen LogP contribution in [-0.2, 0) is 0 Å². The van der Waals surface area contributed by atoms with Crippen LogP contribution in [0.4, 0.5) is 0 Å². The van der Waals surface area contributed by atoms with Crippen LogP contribution in [0.3, 0.4) is 0 Å². The molecule has 1 aliphatic heterocycles. The summed E-state index contributed by atoms with van der Waals surface area (Å²) in [5, 5.41) is 22.6. The second-order valence-electron chi connectivity index (χ2n) is 3.41. The van der Waals surface area contributed by atoms with Crippen LogP contribution >= 0.6 is 23.4 Å². The molecule has 3 N–H and O–H groups in total. The van der Waals surface area contributed by atoms with Gasteiger partial charge in [0, 0.05) is 5.02 Å². The first kappa shape index (κ1) is 11.8. The lowest BCUT2D eigenvalue weighted by Crippen LogP contribution is -2.06. The van der Waals surface area contributed by atoms with Gasteiger partial charge in [-0.1, -0.05) is 40.7 Å². The third-order valence-electron chi connectivity index (χ3n) is 2.44. The highest BCUT2D eigenvalue weighted by Gasteiger charge is 2.33. The molecule has 0 aliphatic carbocycles. The Labute approximate surface area is 107 Å². The lowest BCUT2D eigenvalue weighted by molar-refractivity contribution is 0.319. The molecule has 0 saturated carbocycles. The fourth-order valence-corrected chi connectivity index (χ4v) is 2.69. The van der Waals surface area contributed by atoms with Crippen LogP contribution in [0.25, 0.3) is 0 Å². The summed E-state index contributed by atoms with van der Waals surface area (Å²) in [4.78, 5) is 0. The number of halogens is 1. The predicted molar refractivity (Wildman–Crippen MR) is 67.8 cm³/mol. The third kappa shape index (κ3) is 2.09. The zero-order chi connectivity index (χ0) is 12.4. The van der Waals surface area contributed by atoms with Crippen molar-refractivity contribution in [2.24, 2.45) is 10.9 Å². The van der Waals surface area contributed by atoms with Crippen LogP contribution in [0.5, 0.6) is 0 Å². The maximum Gasteiger partial charge on any atom is 0.131 e. The van der Waals surface area contributed by atoms with Crippen molar-refractivity contribution in [2.45, 2.75) is 5.92 Å². The molecule has 1 aromatic rings. The number of benzene rings is 1. The number of nitrogens with zero attached hydrogens (tertiary/aromatic N) is 2. The normalized spacial score (nSPS) is 21.9. The van der Waals surface area contributed by atoms with Crippen LogP contribution < -0.4 is 5.73 Å². The topological polar surface area (TPSA) is 82.4 Å². The van der Waals surface area contributed by atoms with Crippen LogP contribution in [0.1, 0.15) is 11.5 Å². The highest BCUT2D eigenvalue weighted by molar-refractivity contribution is 8.17. The van der Waals surface area contributed by atoms with Crippen molar-refractivity contribution < 1.29 is 5.21 Å². The SMILES string of the molecule is N#CC1=C(N)SC(=NO)[C@H]1c1ccc(Cl)cc1. The molecular weight excluding hydrogens is 258 g/mol. The third-order valence-corrected chi connectivity index (χ3v) is 3.66. The van der Waals surface area contributed by atoms with Crippen molar-refractivity contribution >= 4 is 28.4 Å². The molecule has 0 saturated heterocycles. The lowest BCUT2D eigenvalue weighted by Gasteiger charge is -2.10. The molecule has 0 bridgehead atoms. The van der Waals surface area contributed by atoms with Gasteiger partial charge in [0.25, 0.3) is 0 Å². The highest BCUT2D eigenvalue weighted by Crippen LogP contribution is 2.41. The van der Waals surface area contributed by atoms with Crippen LogP contribution in [0.2, 0.25) is 5.02 Å². The van der Waals surface area contributed by atoms with Crippen molar-refractivity contribution in [2.75, 3.05) is 0 Å². The molecule has 4 nitrogen and oxygen atoms in total. The molecule has 1 aliphatic rings. The summed E-state index contributed by atoms with van der Waals surface area (Å²) < 4.78 is 0. The van der Waals surface area contributed by atoms with Gasteiger partial charge in [0.2, 0.25) is 0 Å². The Morgan fingerprint density at radius 3 is 2.59 bits per heavy atom. The number of hydrogen-bond acceptors (Lipinski definition) is 5. The monoisotopic (exact) mass is 265 g/mol. The predicted octanol–water partition coefficient (Wildman–Crippen LogP) is 2.65. The number of nitrogens with two attached hydrogens (primary N) is 1. The first-order chi connectivity index (χ1) is 8.17. The molecule has 1 aromatic carbocycles. The zero-order valence-corrected chi connectivity index (χ0v) is 10.2. The van der Waals surface area contributed by atoms with Crippen LogP contribution in [0.15, 0.2) is 40.0 Å². The Balaban J connectivity index is 2.49. The maximum atomic E-state index is 9.07. The minimum Gasteiger partial charge on any atom is -0.410 e. The molecule has 0 radical (unpaired) electrons. The Morgan fingerprint density at radius 2 is 2.06 bits per heavy atom. The summed E-state index contributed by atoms with van der Waals surface area (Å²) >= 11 is 6.91. The second-order valence-corrected chi connectivity index (χ2v) is 4.91. The molecule has 1 heterocycles. The average molecular weight is 266 g/mol. The van der Waals surface area contributed by atoms with Gasteiger partial charge in [-0.25, -0.2) is 0 Å². The van der Waals surface area contributed by atoms with Crippen molar-refractivity contribution in [1.82, 2.24) is 0 Å².